The van der Waals surface area contributed by atoms with Gasteiger partial charge in [-0.1, -0.05) is 0 Å². The van der Waals surface area contributed by atoms with Crippen LogP contribution in [0.2, 0.25) is 0 Å². The molecule has 0 N–H and O–H groups in total. The molecule has 0 aliphatic heterocycles. The molecule has 0 amide bonds. The SMILES string of the molecule is CC#N.CC#N.CC#N.[Cu+].[I-].[Se]=P(c1ccccn1)(c1ccccn1)c1ccccn1. The summed E-state index contributed by atoms with van der Waals surface area (Å²) in [5.74, 6) is 0. The molecule has 0 unspecified atom stereocenters. The van der Waals surface area contributed by atoms with Gasteiger partial charge in [0.05, 0.1) is 18.2 Å². The zero-order chi connectivity index (χ0) is 22.0. The fourth-order valence-electron chi connectivity index (χ4n) is 1.97. The van der Waals surface area contributed by atoms with Crippen molar-refractivity contribution in [2.75, 3.05) is 0 Å². The molecule has 6 nitrogen and oxygen atoms in total. The van der Waals surface area contributed by atoms with Crippen LogP contribution in [0.15, 0.2) is 73.2 Å². The summed E-state index contributed by atoms with van der Waals surface area (Å²) in [4.78, 5) is 13.6. The summed E-state index contributed by atoms with van der Waals surface area (Å²) < 4.78 is 0. The second-order valence-corrected chi connectivity index (χ2v) is 10.9. The third-order valence-electron chi connectivity index (χ3n) is 2.92. The first-order chi connectivity index (χ1) is 14.1. The first-order valence-electron chi connectivity index (χ1n) is 8.34. The normalized spacial score (nSPS) is 8.00. The van der Waals surface area contributed by atoms with E-state index in [-0.39, 0.29) is 41.0 Å². The molecule has 3 aromatic heterocycles. The van der Waals surface area contributed by atoms with E-state index < -0.39 is 5.51 Å². The quantitative estimate of drug-likeness (QED) is 0.220. The van der Waals surface area contributed by atoms with E-state index in [4.69, 9.17) is 15.8 Å². The molecule has 3 rings (SSSR count). The van der Waals surface area contributed by atoms with Crippen molar-refractivity contribution < 1.29 is 41.0 Å². The number of nitriles is 3. The molecule has 0 aliphatic carbocycles. The van der Waals surface area contributed by atoms with Crippen molar-refractivity contribution in [2.45, 2.75) is 20.8 Å². The second kappa shape index (κ2) is 21.4. The molecule has 0 fully saturated rings. The Labute approximate surface area is 219 Å². The van der Waals surface area contributed by atoms with Crippen LogP contribution in [0.5, 0.6) is 0 Å². The molecular formula is C21H21CuIN6PSe. The zero-order valence-electron chi connectivity index (χ0n) is 17.1. The summed E-state index contributed by atoms with van der Waals surface area (Å²) in [5.41, 5.74) is 1.01. The summed E-state index contributed by atoms with van der Waals surface area (Å²) in [6.07, 6.45) is 5.44. The summed E-state index contributed by atoms with van der Waals surface area (Å²) in [7, 11) is 0. The average molecular weight is 658 g/mol. The van der Waals surface area contributed by atoms with E-state index in [1.807, 2.05) is 73.2 Å². The van der Waals surface area contributed by atoms with Crippen molar-refractivity contribution in [2.24, 2.45) is 0 Å². The first kappa shape index (κ1) is 33.7. The molecule has 0 aromatic carbocycles. The van der Waals surface area contributed by atoms with E-state index in [1.165, 1.54) is 20.8 Å². The van der Waals surface area contributed by atoms with Gasteiger partial charge in [0.25, 0.3) is 0 Å². The van der Waals surface area contributed by atoms with Crippen LogP contribution >= 0.6 is 5.51 Å². The van der Waals surface area contributed by atoms with Gasteiger partial charge in [0.15, 0.2) is 0 Å². The molecule has 0 aliphatic rings. The zero-order valence-corrected chi connectivity index (χ0v) is 22.9. The van der Waals surface area contributed by atoms with E-state index in [0.29, 0.717) is 0 Å². The van der Waals surface area contributed by atoms with Gasteiger partial charge in [0.1, 0.15) is 0 Å². The third-order valence-corrected chi connectivity index (χ3v) is 9.18. The predicted molar refractivity (Wildman–Crippen MR) is 118 cm³/mol. The predicted octanol–water partition coefficient (Wildman–Crippen LogP) is -0.160. The maximum atomic E-state index is 7.32. The number of hydrogen-bond acceptors (Lipinski definition) is 6. The maximum absolute atomic E-state index is 7.32. The Hall–Kier alpha value is -1.88. The molecule has 3 heterocycles. The average Bonchev–Trinajstić information content (AvgIpc) is 2.77. The Bertz CT molecular complexity index is 871. The van der Waals surface area contributed by atoms with E-state index in [9.17, 15) is 0 Å². The van der Waals surface area contributed by atoms with Crippen molar-refractivity contribution in [1.82, 2.24) is 15.0 Å². The van der Waals surface area contributed by atoms with Crippen molar-refractivity contribution in [1.29, 1.82) is 15.8 Å². The molecule has 0 saturated carbocycles. The van der Waals surface area contributed by atoms with Gasteiger partial charge in [-0.2, -0.15) is 15.8 Å². The second-order valence-electron chi connectivity index (χ2n) is 4.84. The van der Waals surface area contributed by atoms with Gasteiger partial charge in [-0.25, -0.2) is 0 Å². The summed E-state index contributed by atoms with van der Waals surface area (Å²) in [6, 6.07) is 23.1. The molecule has 10 heteroatoms. The van der Waals surface area contributed by atoms with Crippen LogP contribution in [0.4, 0.5) is 0 Å². The Morgan fingerprint density at radius 3 is 1.03 bits per heavy atom. The van der Waals surface area contributed by atoms with Crippen LogP contribution in [-0.2, 0) is 17.1 Å². The number of hydrogen-bond donors (Lipinski definition) is 0. The van der Waals surface area contributed by atoms with Crippen molar-refractivity contribution in [3.63, 3.8) is 0 Å². The van der Waals surface area contributed by atoms with Crippen LogP contribution in [0.1, 0.15) is 20.8 Å². The Morgan fingerprint density at radius 2 is 0.871 bits per heavy atom. The van der Waals surface area contributed by atoms with Crippen LogP contribution in [0.25, 0.3) is 0 Å². The summed E-state index contributed by atoms with van der Waals surface area (Å²) in [6.45, 7) is 4.29. The molecule has 0 atom stereocenters. The molecule has 0 spiro atoms. The fraction of sp³-hybridized carbons (Fsp3) is 0.143. The molecule has 164 valence electrons. The van der Waals surface area contributed by atoms with Gasteiger partial charge < -0.3 is 24.0 Å². The molecule has 0 radical (unpaired) electrons. The van der Waals surface area contributed by atoms with Crippen molar-refractivity contribution in [3.8, 4) is 18.2 Å². The fourth-order valence-corrected chi connectivity index (χ4v) is 6.29. The Morgan fingerprint density at radius 1 is 0.645 bits per heavy atom. The Kier molecular flexibility index (Phi) is 23.2. The van der Waals surface area contributed by atoms with Gasteiger partial charge in [0, 0.05) is 20.8 Å². The van der Waals surface area contributed by atoms with E-state index >= 15 is 0 Å². The summed E-state index contributed by atoms with van der Waals surface area (Å²) in [5, 5.41) is 22.0. The molecule has 31 heavy (non-hydrogen) atoms. The molecular weight excluding hydrogens is 637 g/mol. The van der Waals surface area contributed by atoms with Crippen molar-refractivity contribution in [3.05, 3.63) is 73.2 Å². The van der Waals surface area contributed by atoms with Crippen LogP contribution in [0, 0.1) is 34.0 Å². The number of nitrogens with zero attached hydrogens (tertiary/aromatic N) is 6. The minimum absolute atomic E-state index is 0. The monoisotopic (exact) mass is 658 g/mol. The molecule has 3 aromatic rings. The van der Waals surface area contributed by atoms with Gasteiger partial charge in [-0.3, -0.25) is 0 Å². The number of halogens is 1. The summed E-state index contributed by atoms with van der Waals surface area (Å²) >= 11 is 3.36. The topological polar surface area (TPSA) is 110 Å². The standard InChI is InChI=1S/C15H12N3PSe.3C2H3N.Cu.HI/c20-19(13-7-1-4-10-16-13,14-8-2-5-11-17-14)15-9-3-6-12-18-15;3*1-2-3;;/h1-12H;3*1H3;;1H/q;;;;+1;/p-1. The van der Waals surface area contributed by atoms with Gasteiger partial charge in [0.2, 0.25) is 0 Å². The van der Waals surface area contributed by atoms with E-state index in [2.05, 4.69) is 30.0 Å². The first-order valence-corrected chi connectivity index (χ1v) is 12.3. The number of pyridine rings is 3. The van der Waals surface area contributed by atoms with Gasteiger partial charge in [-0.15, -0.1) is 0 Å². The number of rotatable bonds is 3. The van der Waals surface area contributed by atoms with Crippen molar-refractivity contribution >= 4 is 36.9 Å². The van der Waals surface area contributed by atoms with Gasteiger partial charge in [-0.05, 0) is 0 Å². The third kappa shape index (κ3) is 11.9. The molecule has 0 saturated heterocycles. The molecule has 0 bridgehead atoms. The number of aromatic nitrogens is 3. The van der Waals surface area contributed by atoms with E-state index in [1.54, 1.807) is 18.2 Å². The van der Waals surface area contributed by atoms with Crippen LogP contribution < -0.4 is 40.3 Å². The van der Waals surface area contributed by atoms with Crippen LogP contribution in [-0.4, -0.2) is 30.0 Å². The van der Waals surface area contributed by atoms with Gasteiger partial charge >= 0.3 is 142 Å². The Balaban J connectivity index is -0.000000620. The minimum atomic E-state index is -1.98. The van der Waals surface area contributed by atoms with E-state index in [0.717, 1.165) is 16.3 Å². The van der Waals surface area contributed by atoms with Crippen LogP contribution in [0.3, 0.4) is 0 Å².